The zero-order valence-corrected chi connectivity index (χ0v) is 18.0. The van der Waals surface area contributed by atoms with E-state index < -0.39 is 28.3 Å². The third-order valence-corrected chi connectivity index (χ3v) is 6.33. The summed E-state index contributed by atoms with van der Waals surface area (Å²) < 4.78 is 46.4. The molecule has 8 heteroatoms. The van der Waals surface area contributed by atoms with Crippen molar-refractivity contribution in [3.05, 3.63) is 84.2 Å². The number of benzene rings is 3. The molecule has 3 aromatic carbocycles. The second-order valence-corrected chi connectivity index (χ2v) is 8.62. The highest BCUT2D eigenvalue weighted by Crippen LogP contribution is 2.26. The van der Waals surface area contributed by atoms with Crippen LogP contribution in [0.15, 0.2) is 77.7 Å². The molecule has 0 heterocycles. The van der Waals surface area contributed by atoms with Gasteiger partial charge >= 0.3 is 0 Å². The molecule has 0 unspecified atom stereocenters. The van der Waals surface area contributed by atoms with E-state index in [0.29, 0.717) is 18.0 Å². The van der Waals surface area contributed by atoms with Crippen LogP contribution in [-0.4, -0.2) is 27.5 Å². The number of para-hydroxylation sites is 1. The molecule has 0 spiro atoms. The summed E-state index contributed by atoms with van der Waals surface area (Å²) in [7, 11) is -4.10. The minimum absolute atomic E-state index is 0.0102. The Balaban J connectivity index is 1.93. The van der Waals surface area contributed by atoms with Gasteiger partial charge in [0, 0.05) is 5.69 Å². The van der Waals surface area contributed by atoms with Crippen molar-refractivity contribution >= 4 is 27.3 Å². The Kier molecular flexibility index (Phi) is 6.91. The number of nitrogens with zero attached hydrogens (tertiary/aromatic N) is 1. The van der Waals surface area contributed by atoms with Crippen molar-refractivity contribution in [3.8, 4) is 5.75 Å². The maximum atomic E-state index is 13.4. The topological polar surface area (TPSA) is 75.7 Å². The van der Waals surface area contributed by atoms with Crippen molar-refractivity contribution in [2.24, 2.45) is 0 Å². The van der Waals surface area contributed by atoms with Gasteiger partial charge in [-0.2, -0.15) is 0 Å². The van der Waals surface area contributed by atoms with E-state index in [-0.39, 0.29) is 10.6 Å². The molecule has 6 nitrogen and oxygen atoms in total. The van der Waals surface area contributed by atoms with E-state index in [0.717, 1.165) is 22.0 Å². The molecular weight excluding hydrogens is 419 g/mol. The van der Waals surface area contributed by atoms with Gasteiger partial charge in [0.25, 0.3) is 10.0 Å². The van der Waals surface area contributed by atoms with Crippen LogP contribution in [-0.2, 0) is 14.8 Å². The molecule has 0 atom stereocenters. The number of rotatable bonds is 8. The number of carbonyl (C=O) groups is 1. The summed E-state index contributed by atoms with van der Waals surface area (Å²) in [5.41, 5.74) is 1.61. The zero-order valence-electron chi connectivity index (χ0n) is 17.2. The highest BCUT2D eigenvalue weighted by Gasteiger charge is 2.27. The first-order chi connectivity index (χ1) is 14.8. The number of hydrogen-bond acceptors (Lipinski definition) is 4. The standard InChI is InChI=1S/C23H23FN2O4S/c1-3-30-20-12-14-21(15-13-20)31(28,29)26(19-10-8-18(24)9-11-19)16-23(27)25-22-7-5-4-6-17(22)2/h4-15H,3,16H2,1-2H3,(H,25,27). The molecule has 1 N–H and O–H groups in total. The minimum atomic E-state index is -4.10. The van der Waals surface area contributed by atoms with Gasteiger partial charge in [-0.15, -0.1) is 0 Å². The smallest absolute Gasteiger partial charge is 0.264 e. The van der Waals surface area contributed by atoms with Crippen LogP contribution < -0.4 is 14.4 Å². The molecule has 0 saturated carbocycles. The van der Waals surface area contributed by atoms with Crippen LogP contribution in [0, 0.1) is 12.7 Å². The molecule has 0 radical (unpaired) electrons. The number of hydrogen-bond donors (Lipinski definition) is 1. The number of ether oxygens (including phenoxy) is 1. The average Bonchev–Trinajstić information content (AvgIpc) is 2.75. The van der Waals surface area contributed by atoms with Crippen LogP contribution in [0.3, 0.4) is 0 Å². The van der Waals surface area contributed by atoms with Crippen molar-refractivity contribution < 1.29 is 22.3 Å². The quantitative estimate of drug-likeness (QED) is 0.562. The predicted octanol–water partition coefficient (Wildman–Crippen LogP) is 4.37. The fourth-order valence-corrected chi connectivity index (χ4v) is 4.38. The molecule has 0 bridgehead atoms. The Hall–Kier alpha value is -3.39. The van der Waals surface area contributed by atoms with Crippen molar-refractivity contribution in [3.63, 3.8) is 0 Å². The molecule has 162 valence electrons. The Morgan fingerprint density at radius 1 is 1.00 bits per heavy atom. The van der Waals surface area contributed by atoms with E-state index in [1.807, 2.05) is 26.0 Å². The Morgan fingerprint density at radius 2 is 1.65 bits per heavy atom. The molecule has 0 aliphatic heterocycles. The van der Waals surface area contributed by atoms with Gasteiger partial charge in [0.05, 0.1) is 17.2 Å². The third-order valence-electron chi connectivity index (χ3n) is 4.54. The molecule has 0 saturated heterocycles. The SMILES string of the molecule is CCOc1ccc(S(=O)(=O)N(CC(=O)Nc2ccccc2C)c2ccc(F)cc2)cc1. The van der Waals surface area contributed by atoms with Gasteiger partial charge in [0.1, 0.15) is 18.1 Å². The normalized spacial score (nSPS) is 11.1. The lowest BCUT2D eigenvalue weighted by atomic mass is 10.2. The Morgan fingerprint density at radius 3 is 2.26 bits per heavy atom. The molecule has 3 rings (SSSR count). The van der Waals surface area contributed by atoms with Crippen LogP contribution in [0.4, 0.5) is 15.8 Å². The number of sulfonamides is 1. The van der Waals surface area contributed by atoms with Gasteiger partial charge < -0.3 is 10.1 Å². The van der Waals surface area contributed by atoms with E-state index in [1.54, 1.807) is 24.3 Å². The summed E-state index contributed by atoms with van der Waals surface area (Å²) in [6.07, 6.45) is 0. The van der Waals surface area contributed by atoms with Gasteiger partial charge in [-0.25, -0.2) is 12.8 Å². The number of aryl methyl sites for hydroxylation is 1. The van der Waals surface area contributed by atoms with Crippen molar-refractivity contribution in [2.75, 3.05) is 22.8 Å². The van der Waals surface area contributed by atoms with Gasteiger partial charge in [-0.1, -0.05) is 18.2 Å². The lowest BCUT2D eigenvalue weighted by Gasteiger charge is -2.24. The van der Waals surface area contributed by atoms with Crippen molar-refractivity contribution in [2.45, 2.75) is 18.7 Å². The summed E-state index contributed by atoms with van der Waals surface area (Å²) in [6.45, 7) is 3.64. The molecule has 0 aliphatic rings. The minimum Gasteiger partial charge on any atom is -0.494 e. The van der Waals surface area contributed by atoms with Crippen LogP contribution in [0.2, 0.25) is 0 Å². The van der Waals surface area contributed by atoms with E-state index in [1.165, 1.54) is 24.3 Å². The molecule has 3 aromatic rings. The summed E-state index contributed by atoms with van der Waals surface area (Å²) >= 11 is 0. The number of amides is 1. The van der Waals surface area contributed by atoms with Crippen LogP contribution in [0.25, 0.3) is 0 Å². The number of halogens is 1. The van der Waals surface area contributed by atoms with Crippen LogP contribution in [0.1, 0.15) is 12.5 Å². The van der Waals surface area contributed by atoms with E-state index in [4.69, 9.17) is 4.74 Å². The number of carbonyl (C=O) groups excluding carboxylic acids is 1. The van der Waals surface area contributed by atoms with Gasteiger partial charge in [-0.3, -0.25) is 9.10 Å². The summed E-state index contributed by atoms with van der Waals surface area (Å²) in [5, 5.41) is 2.73. The number of nitrogens with one attached hydrogen (secondary N) is 1. The van der Waals surface area contributed by atoms with E-state index >= 15 is 0 Å². The fraction of sp³-hybridized carbons (Fsp3) is 0.174. The van der Waals surface area contributed by atoms with Crippen molar-refractivity contribution in [1.82, 2.24) is 0 Å². The van der Waals surface area contributed by atoms with Crippen LogP contribution >= 0.6 is 0 Å². The molecule has 0 fully saturated rings. The highest BCUT2D eigenvalue weighted by atomic mass is 32.2. The third kappa shape index (κ3) is 5.40. The summed E-state index contributed by atoms with van der Waals surface area (Å²) in [6, 6.07) is 18.0. The first-order valence-electron chi connectivity index (χ1n) is 9.68. The highest BCUT2D eigenvalue weighted by molar-refractivity contribution is 7.92. The first-order valence-corrected chi connectivity index (χ1v) is 11.1. The van der Waals surface area contributed by atoms with E-state index in [2.05, 4.69) is 5.32 Å². The predicted molar refractivity (Wildman–Crippen MR) is 118 cm³/mol. The largest absolute Gasteiger partial charge is 0.494 e. The van der Waals surface area contributed by atoms with Crippen molar-refractivity contribution in [1.29, 1.82) is 0 Å². The Labute approximate surface area is 181 Å². The second kappa shape index (κ2) is 9.61. The average molecular weight is 443 g/mol. The molecular formula is C23H23FN2O4S. The monoisotopic (exact) mass is 442 g/mol. The first kappa shape index (κ1) is 22.3. The number of anilines is 2. The van der Waals surface area contributed by atoms with Gasteiger partial charge in [-0.05, 0) is 74.0 Å². The van der Waals surface area contributed by atoms with Crippen LogP contribution in [0.5, 0.6) is 5.75 Å². The lowest BCUT2D eigenvalue weighted by molar-refractivity contribution is -0.114. The molecule has 0 aliphatic carbocycles. The zero-order chi connectivity index (χ0) is 22.4. The maximum Gasteiger partial charge on any atom is 0.264 e. The molecule has 1 amide bonds. The summed E-state index contributed by atoms with van der Waals surface area (Å²) in [4.78, 5) is 12.7. The molecule has 0 aromatic heterocycles. The van der Waals surface area contributed by atoms with Gasteiger partial charge in [0.2, 0.25) is 5.91 Å². The second-order valence-electron chi connectivity index (χ2n) is 6.76. The fourth-order valence-electron chi connectivity index (χ4n) is 2.96. The maximum absolute atomic E-state index is 13.4. The Bertz CT molecular complexity index is 1150. The molecule has 31 heavy (non-hydrogen) atoms. The van der Waals surface area contributed by atoms with E-state index in [9.17, 15) is 17.6 Å². The lowest BCUT2D eigenvalue weighted by Crippen LogP contribution is -2.38. The summed E-state index contributed by atoms with van der Waals surface area (Å²) in [5.74, 6) is -0.494. The van der Waals surface area contributed by atoms with Gasteiger partial charge in [0.15, 0.2) is 0 Å².